The summed E-state index contributed by atoms with van der Waals surface area (Å²) in [5.41, 5.74) is 0. The van der Waals surface area contributed by atoms with Gasteiger partial charge in [-0.2, -0.15) is 0 Å². The van der Waals surface area contributed by atoms with E-state index in [2.05, 4.69) is 6.26 Å². The predicted octanol–water partition coefficient (Wildman–Crippen LogP) is 5.45. The molecule has 0 saturated heterocycles. The SMILES string of the molecule is CSc1ccc(Oc2ccc(SCl)cc2)cc1. The molecule has 2 rings (SSSR count). The molecule has 0 amide bonds. The van der Waals surface area contributed by atoms with Gasteiger partial charge in [0, 0.05) is 9.79 Å². The van der Waals surface area contributed by atoms with Crippen LogP contribution in [0.25, 0.3) is 0 Å². The molecule has 0 spiro atoms. The van der Waals surface area contributed by atoms with E-state index in [0.717, 1.165) is 16.4 Å². The molecule has 0 aromatic heterocycles. The molecule has 0 radical (unpaired) electrons. The maximum atomic E-state index is 5.72. The van der Waals surface area contributed by atoms with E-state index < -0.39 is 0 Å². The average molecular weight is 283 g/mol. The Morgan fingerprint density at radius 1 is 0.824 bits per heavy atom. The van der Waals surface area contributed by atoms with Crippen LogP contribution in [0.1, 0.15) is 0 Å². The van der Waals surface area contributed by atoms with Crippen molar-refractivity contribution in [3.8, 4) is 11.5 Å². The van der Waals surface area contributed by atoms with Crippen molar-refractivity contribution in [2.45, 2.75) is 9.79 Å². The van der Waals surface area contributed by atoms with Gasteiger partial charge in [-0.15, -0.1) is 11.8 Å². The van der Waals surface area contributed by atoms with Crippen LogP contribution in [0.4, 0.5) is 0 Å². The molecule has 0 aliphatic carbocycles. The summed E-state index contributed by atoms with van der Waals surface area (Å²) in [6.07, 6.45) is 2.05. The van der Waals surface area contributed by atoms with Crippen LogP contribution in [0.2, 0.25) is 0 Å². The summed E-state index contributed by atoms with van der Waals surface area (Å²) < 4.78 is 5.72. The van der Waals surface area contributed by atoms with Crippen molar-refractivity contribution in [2.24, 2.45) is 0 Å². The van der Waals surface area contributed by atoms with Gasteiger partial charge >= 0.3 is 0 Å². The minimum atomic E-state index is 0.816. The van der Waals surface area contributed by atoms with E-state index in [-0.39, 0.29) is 0 Å². The van der Waals surface area contributed by atoms with E-state index >= 15 is 0 Å². The van der Waals surface area contributed by atoms with Gasteiger partial charge in [-0.3, -0.25) is 0 Å². The summed E-state index contributed by atoms with van der Waals surface area (Å²) >= 11 is 1.72. The van der Waals surface area contributed by atoms with Gasteiger partial charge in [0.2, 0.25) is 0 Å². The second-order valence-electron chi connectivity index (χ2n) is 3.33. The number of halogens is 1. The fourth-order valence-corrected chi connectivity index (χ4v) is 2.29. The Kier molecular flexibility index (Phi) is 4.66. The third-order valence-electron chi connectivity index (χ3n) is 2.21. The molecule has 0 unspecified atom stereocenters. The highest BCUT2D eigenvalue weighted by Crippen LogP contribution is 2.27. The van der Waals surface area contributed by atoms with Gasteiger partial charge in [0.25, 0.3) is 0 Å². The lowest BCUT2D eigenvalue weighted by Gasteiger charge is -2.06. The third-order valence-corrected chi connectivity index (χ3v) is 3.94. The zero-order chi connectivity index (χ0) is 12.1. The summed E-state index contributed by atoms with van der Waals surface area (Å²) in [6.45, 7) is 0. The van der Waals surface area contributed by atoms with Gasteiger partial charge in [0.05, 0.1) is 0 Å². The van der Waals surface area contributed by atoms with Crippen LogP contribution in [-0.4, -0.2) is 6.26 Å². The lowest BCUT2D eigenvalue weighted by molar-refractivity contribution is 0.482. The number of ether oxygens (including phenoxy) is 1. The van der Waals surface area contributed by atoms with Gasteiger partial charge in [-0.25, -0.2) is 0 Å². The van der Waals surface area contributed by atoms with Crippen molar-refractivity contribution in [2.75, 3.05) is 6.26 Å². The first-order chi connectivity index (χ1) is 8.31. The van der Waals surface area contributed by atoms with Crippen LogP contribution in [-0.2, 0) is 0 Å². The molecular formula is C13H11ClOS2. The minimum Gasteiger partial charge on any atom is -0.457 e. The molecule has 17 heavy (non-hydrogen) atoms. The Balaban J connectivity index is 2.08. The van der Waals surface area contributed by atoms with Crippen LogP contribution < -0.4 is 4.74 Å². The minimum absolute atomic E-state index is 0.816. The van der Waals surface area contributed by atoms with E-state index in [1.807, 2.05) is 48.5 Å². The summed E-state index contributed by atoms with van der Waals surface area (Å²) in [5.74, 6) is 1.66. The maximum Gasteiger partial charge on any atom is 0.127 e. The van der Waals surface area contributed by atoms with Crippen molar-refractivity contribution < 1.29 is 4.74 Å². The molecule has 0 fully saturated rings. The first-order valence-corrected chi connectivity index (χ1v) is 7.89. The quantitative estimate of drug-likeness (QED) is 0.691. The van der Waals surface area contributed by atoms with E-state index in [0.29, 0.717) is 0 Å². The van der Waals surface area contributed by atoms with E-state index in [9.17, 15) is 0 Å². The van der Waals surface area contributed by atoms with Gasteiger partial charge in [-0.1, -0.05) is 0 Å². The maximum absolute atomic E-state index is 5.72. The molecule has 88 valence electrons. The first kappa shape index (κ1) is 12.7. The Hall–Kier alpha value is -0.770. The van der Waals surface area contributed by atoms with Gasteiger partial charge < -0.3 is 4.74 Å². The van der Waals surface area contributed by atoms with Crippen LogP contribution >= 0.6 is 33.4 Å². The summed E-state index contributed by atoms with van der Waals surface area (Å²) in [6, 6.07) is 15.7. The van der Waals surface area contributed by atoms with Gasteiger partial charge in [-0.05, 0) is 76.4 Å². The predicted molar refractivity (Wildman–Crippen MR) is 76.4 cm³/mol. The number of rotatable bonds is 4. The van der Waals surface area contributed by atoms with E-state index in [1.54, 1.807) is 11.8 Å². The molecule has 0 aliphatic heterocycles. The van der Waals surface area contributed by atoms with Crippen LogP contribution in [0.3, 0.4) is 0 Å². The zero-order valence-corrected chi connectivity index (χ0v) is 11.6. The standard InChI is InChI=1S/C13H11ClOS2/c1-16-12-6-2-10(3-7-12)15-11-4-8-13(17-14)9-5-11/h2-9H,1H3. The molecule has 0 heterocycles. The van der Waals surface area contributed by atoms with Crippen LogP contribution in [0.5, 0.6) is 11.5 Å². The molecule has 2 aromatic rings. The normalized spacial score (nSPS) is 10.2. The summed E-state index contributed by atoms with van der Waals surface area (Å²) in [4.78, 5) is 2.24. The molecule has 0 bridgehead atoms. The zero-order valence-electron chi connectivity index (χ0n) is 9.22. The Bertz CT molecular complexity index is 422. The smallest absolute Gasteiger partial charge is 0.127 e. The van der Waals surface area contributed by atoms with Crippen molar-refractivity contribution in [3.05, 3.63) is 48.5 Å². The van der Waals surface area contributed by atoms with Crippen molar-refractivity contribution >= 4 is 33.4 Å². The first-order valence-electron chi connectivity index (χ1n) is 5.02. The average Bonchev–Trinajstić information content (AvgIpc) is 2.40. The molecule has 0 saturated carbocycles. The largest absolute Gasteiger partial charge is 0.457 e. The van der Waals surface area contributed by atoms with Crippen LogP contribution in [0, 0.1) is 0 Å². The Morgan fingerprint density at radius 3 is 1.71 bits per heavy atom. The molecular weight excluding hydrogens is 272 g/mol. The summed E-state index contributed by atoms with van der Waals surface area (Å²) in [5, 5.41) is 0. The molecule has 0 aliphatic rings. The van der Waals surface area contributed by atoms with Crippen molar-refractivity contribution in [1.29, 1.82) is 0 Å². The van der Waals surface area contributed by atoms with Crippen LogP contribution in [0.15, 0.2) is 58.3 Å². The molecule has 4 heteroatoms. The highest BCUT2D eigenvalue weighted by molar-refractivity contribution is 8.21. The highest BCUT2D eigenvalue weighted by Gasteiger charge is 1.98. The fourth-order valence-electron chi connectivity index (χ4n) is 1.34. The summed E-state index contributed by atoms with van der Waals surface area (Å²) in [7, 11) is 6.85. The van der Waals surface area contributed by atoms with Crippen molar-refractivity contribution in [3.63, 3.8) is 0 Å². The lowest BCUT2D eigenvalue weighted by Crippen LogP contribution is -1.83. The second-order valence-corrected chi connectivity index (χ2v) is 5.29. The number of thioether (sulfide) groups is 1. The fraction of sp³-hybridized carbons (Fsp3) is 0.0769. The number of hydrogen-bond acceptors (Lipinski definition) is 3. The van der Waals surface area contributed by atoms with Crippen molar-refractivity contribution in [1.82, 2.24) is 0 Å². The second kappa shape index (κ2) is 6.24. The van der Waals surface area contributed by atoms with Gasteiger partial charge in [0.1, 0.15) is 11.5 Å². The third kappa shape index (κ3) is 3.60. The molecule has 0 N–H and O–H groups in total. The molecule has 1 nitrogen and oxygen atoms in total. The molecule has 0 atom stereocenters. The monoisotopic (exact) mass is 282 g/mol. The number of hydrogen-bond donors (Lipinski definition) is 0. The van der Waals surface area contributed by atoms with E-state index in [4.69, 9.17) is 15.4 Å². The number of benzene rings is 2. The topological polar surface area (TPSA) is 9.23 Å². The Morgan fingerprint density at radius 2 is 1.29 bits per heavy atom. The van der Waals surface area contributed by atoms with Gasteiger partial charge in [0.15, 0.2) is 0 Å². The van der Waals surface area contributed by atoms with E-state index in [1.165, 1.54) is 15.9 Å². The Labute approximate surface area is 114 Å². The lowest BCUT2D eigenvalue weighted by atomic mass is 10.3. The highest BCUT2D eigenvalue weighted by atomic mass is 35.7. The molecule has 2 aromatic carbocycles.